The number of halogens is 6. The molecule has 3 heterocycles. The van der Waals surface area contributed by atoms with E-state index < -0.39 is 50.5 Å². The Morgan fingerprint density at radius 1 is 0.979 bits per heavy atom. The molecular formula is C31H29F6N5O4S. The third-order valence-electron chi connectivity index (χ3n) is 8.51. The van der Waals surface area contributed by atoms with E-state index in [0.29, 0.717) is 16.5 Å². The van der Waals surface area contributed by atoms with E-state index in [1.165, 1.54) is 0 Å². The van der Waals surface area contributed by atoms with Gasteiger partial charge in [0.05, 0.1) is 12.2 Å². The minimum atomic E-state index is -5.46. The SMILES string of the molecule is CN1CCC[C@@H]1COc1nc2c(c(N(C)S(=O)(=O)c3c(F)c(F)c(F)c(F)c3OC(F)F)n1)CCN(c1cccc3ccccc13)C2. The van der Waals surface area contributed by atoms with E-state index in [9.17, 15) is 30.4 Å². The average Bonchev–Trinajstić information content (AvgIpc) is 3.47. The van der Waals surface area contributed by atoms with Crippen molar-refractivity contribution in [2.24, 2.45) is 0 Å². The van der Waals surface area contributed by atoms with E-state index in [-0.39, 0.29) is 43.0 Å². The lowest BCUT2D eigenvalue weighted by atomic mass is 10.0. The molecular weight excluding hydrogens is 652 g/mol. The van der Waals surface area contributed by atoms with E-state index in [1.54, 1.807) is 0 Å². The van der Waals surface area contributed by atoms with Crippen LogP contribution < -0.4 is 18.7 Å². The Labute approximate surface area is 266 Å². The molecule has 0 spiro atoms. The van der Waals surface area contributed by atoms with Gasteiger partial charge in [-0.15, -0.1) is 0 Å². The predicted octanol–water partition coefficient (Wildman–Crippen LogP) is 5.65. The normalized spacial score (nSPS) is 17.0. The standard InChI is InChI=1S/C31H29F6N5O4S/c1-40-13-6-9-18(40)16-45-31-38-21-15-42(22-11-5-8-17-7-3-4-10-19(17)22)14-12-20(21)29(39-31)41(2)47(43,44)28-26(35)24(33)23(32)25(34)27(28)46-30(36)37/h3-5,7-8,10-11,18,30H,6,9,12-16H2,1-2H3/t18-/m1/s1. The Morgan fingerprint density at radius 3 is 2.43 bits per heavy atom. The van der Waals surface area contributed by atoms with Gasteiger partial charge in [0.2, 0.25) is 11.6 Å². The van der Waals surface area contributed by atoms with Crippen LogP contribution in [0.3, 0.4) is 0 Å². The van der Waals surface area contributed by atoms with Crippen LogP contribution in [0.25, 0.3) is 10.8 Å². The highest BCUT2D eigenvalue weighted by atomic mass is 32.2. The van der Waals surface area contributed by atoms with E-state index >= 15 is 4.39 Å². The molecule has 250 valence electrons. The van der Waals surface area contributed by atoms with Crippen LogP contribution in [0.15, 0.2) is 47.4 Å². The first-order valence-electron chi connectivity index (χ1n) is 14.6. The molecule has 0 aliphatic carbocycles. The molecule has 1 atom stereocenters. The number of rotatable bonds is 9. The molecule has 0 bridgehead atoms. The van der Waals surface area contributed by atoms with Crippen LogP contribution in [-0.4, -0.2) is 69.7 Å². The van der Waals surface area contributed by atoms with Gasteiger partial charge in [0.15, 0.2) is 28.1 Å². The number of benzene rings is 3. The minimum Gasteiger partial charge on any atom is -0.462 e. The predicted molar refractivity (Wildman–Crippen MR) is 160 cm³/mol. The fraction of sp³-hybridized carbons (Fsp3) is 0.355. The molecule has 6 rings (SSSR count). The van der Waals surface area contributed by atoms with Crippen molar-refractivity contribution in [3.8, 4) is 11.8 Å². The minimum absolute atomic E-state index is 0.0278. The van der Waals surface area contributed by atoms with Crippen LogP contribution >= 0.6 is 0 Å². The van der Waals surface area contributed by atoms with Crippen molar-refractivity contribution in [2.75, 3.05) is 43.0 Å². The van der Waals surface area contributed by atoms with Crippen molar-refractivity contribution in [2.45, 2.75) is 43.4 Å². The average molecular weight is 682 g/mol. The zero-order valence-electron chi connectivity index (χ0n) is 25.2. The molecule has 3 aromatic carbocycles. The summed E-state index contributed by atoms with van der Waals surface area (Å²) in [6.07, 6.45) is 1.95. The first-order chi connectivity index (χ1) is 22.4. The Kier molecular flexibility index (Phi) is 8.82. The molecule has 9 nitrogen and oxygen atoms in total. The van der Waals surface area contributed by atoms with Crippen molar-refractivity contribution < 1.29 is 44.2 Å². The number of aromatic nitrogens is 2. The van der Waals surface area contributed by atoms with Crippen LogP contribution in [0.4, 0.5) is 37.8 Å². The molecule has 1 aromatic heterocycles. The molecule has 0 unspecified atom stereocenters. The number of ether oxygens (including phenoxy) is 2. The zero-order valence-corrected chi connectivity index (χ0v) is 26.0. The molecule has 1 fully saturated rings. The zero-order chi connectivity index (χ0) is 33.6. The number of nitrogens with zero attached hydrogens (tertiary/aromatic N) is 5. The van der Waals surface area contributed by atoms with Crippen LogP contribution in [0, 0.1) is 23.3 Å². The van der Waals surface area contributed by atoms with E-state index in [0.717, 1.165) is 42.9 Å². The molecule has 0 amide bonds. The number of fused-ring (bicyclic) bond motifs is 2. The summed E-state index contributed by atoms with van der Waals surface area (Å²) >= 11 is 0. The van der Waals surface area contributed by atoms with Gasteiger partial charge in [0, 0.05) is 36.3 Å². The smallest absolute Gasteiger partial charge is 0.387 e. The Morgan fingerprint density at radius 2 is 1.70 bits per heavy atom. The second kappa shape index (κ2) is 12.7. The lowest BCUT2D eigenvalue weighted by Gasteiger charge is -2.33. The fourth-order valence-corrected chi connectivity index (χ4v) is 7.37. The number of sulfonamides is 1. The van der Waals surface area contributed by atoms with Gasteiger partial charge in [0.1, 0.15) is 6.61 Å². The lowest BCUT2D eigenvalue weighted by Crippen LogP contribution is -2.36. The van der Waals surface area contributed by atoms with Gasteiger partial charge in [-0.05, 0) is 44.3 Å². The highest BCUT2D eigenvalue weighted by molar-refractivity contribution is 7.93. The number of alkyl halides is 2. The first kappa shape index (κ1) is 32.6. The highest BCUT2D eigenvalue weighted by Crippen LogP contribution is 2.40. The Bertz CT molecular complexity index is 1940. The van der Waals surface area contributed by atoms with Gasteiger partial charge in [-0.25, -0.2) is 21.6 Å². The van der Waals surface area contributed by atoms with Crippen molar-refractivity contribution in [1.82, 2.24) is 14.9 Å². The van der Waals surface area contributed by atoms with Crippen LogP contribution in [0.2, 0.25) is 0 Å². The first-order valence-corrected chi connectivity index (χ1v) is 16.1. The van der Waals surface area contributed by atoms with Crippen molar-refractivity contribution in [3.63, 3.8) is 0 Å². The molecule has 16 heteroatoms. The summed E-state index contributed by atoms with van der Waals surface area (Å²) in [7, 11) is -2.63. The number of hydrogen-bond acceptors (Lipinski definition) is 8. The van der Waals surface area contributed by atoms with Crippen LogP contribution in [0.1, 0.15) is 24.1 Å². The number of anilines is 2. The van der Waals surface area contributed by atoms with Gasteiger partial charge in [-0.3, -0.25) is 4.31 Å². The van der Waals surface area contributed by atoms with Crippen molar-refractivity contribution in [1.29, 1.82) is 0 Å². The molecule has 0 radical (unpaired) electrons. The third kappa shape index (κ3) is 5.99. The van der Waals surface area contributed by atoms with Crippen molar-refractivity contribution in [3.05, 3.63) is 77.0 Å². The summed E-state index contributed by atoms with van der Waals surface area (Å²) in [5.74, 6) is -12.2. The van der Waals surface area contributed by atoms with Crippen LogP contribution in [-0.2, 0) is 23.0 Å². The fourth-order valence-electron chi connectivity index (χ4n) is 6.03. The van der Waals surface area contributed by atoms with Gasteiger partial charge in [0.25, 0.3) is 10.0 Å². The molecule has 1 saturated heterocycles. The Balaban J connectivity index is 1.45. The summed E-state index contributed by atoms with van der Waals surface area (Å²) in [5, 5.41) is 1.97. The molecule has 0 N–H and O–H groups in total. The van der Waals surface area contributed by atoms with E-state index in [1.807, 2.05) is 54.4 Å². The van der Waals surface area contributed by atoms with Gasteiger partial charge < -0.3 is 19.3 Å². The monoisotopic (exact) mass is 681 g/mol. The third-order valence-corrected chi connectivity index (χ3v) is 10.3. The quantitative estimate of drug-likeness (QED) is 0.127. The van der Waals surface area contributed by atoms with Gasteiger partial charge >= 0.3 is 12.6 Å². The number of likely N-dealkylation sites (tertiary alicyclic amines) is 1. The summed E-state index contributed by atoms with van der Waals surface area (Å²) in [6.45, 7) is -2.36. The largest absolute Gasteiger partial charge is 0.462 e. The van der Waals surface area contributed by atoms with Crippen LogP contribution in [0.5, 0.6) is 11.8 Å². The molecule has 2 aliphatic rings. The molecule has 4 aromatic rings. The van der Waals surface area contributed by atoms with Gasteiger partial charge in [-0.1, -0.05) is 36.4 Å². The molecule has 0 saturated carbocycles. The maximum Gasteiger partial charge on any atom is 0.387 e. The van der Waals surface area contributed by atoms with Gasteiger partial charge in [-0.2, -0.15) is 23.1 Å². The van der Waals surface area contributed by atoms with E-state index in [2.05, 4.69) is 19.6 Å². The number of likely N-dealkylation sites (N-methyl/N-ethyl adjacent to an activating group) is 1. The second-order valence-corrected chi connectivity index (χ2v) is 13.2. The second-order valence-electron chi connectivity index (χ2n) is 11.3. The number of hydrogen-bond donors (Lipinski definition) is 0. The Hall–Kier alpha value is -4.31. The summed E-state index contributed by atoms with van der Waals surface area (Å²) in [4.78, 5) is 11.0. The lowest BCUT2D eigenvalue weighted by molar-refractivity contribution is -0.0551. The summed E-state index contributed by atoms with van der Waals surface area (Å²) in [5.41, 5.74) is 1.53. The molecule has 47 heavy (non-hydrogen) atoms. The highest BCUT2D eigenvalue weighted by Gasteiger charge is 2.40. The maximum atomic E-state index is 15.1. The summed E-state index contributed by atoms with van der Waals surface area (Å²) in [6, 6.07) is 13.4. The summed E-state index contributed by atoms with van der Waals surface area (Å²) < 4.78 is 122. The van der Waals surface area contributed by atoms with E-state index in [4.69, 9.17) is 4.74 Å². The molecule has 2 aliphatic heterocycles. The maximum absolute atomic E-state index is 15.1. The topological polar surface area (TPSA) is 88.1 Å². The van der Waals surface area contributed by atoms with Crippen molar-refractivity contribution >= 4 is 32.3 Å².